The third-order valence-electron chi connectivity index (χ3n) is 4.33. The number of hydrogen-bond donors (Lipinski definition) is 2. The Labute approximate surface area is 147 Å². The molecule has 2 amide bonds. The number of rotatable bonds is 5. The summed E-state index contributed by atoms with van der Waals surface area (Å²) in [5, 5.41) is 5.62. The van der Waals surface area contributed by atoms with E-state index in [0.29, 0.717) is 13.0 Å². The smallest absolute Gasteiger partial charge is 0.407 e. The predicted octanol–water partition coefficient (Wildman–Crippen LogP) is 2.98. The van der Waals surface area contributed by atoms with Gasteiger partial charge in [-0.3, -0.25) is 4.79 Å². The van der Waals surface area contributed by atoms with Gasteiger partial charge in [0.15, 0.2) is 0 Å². The van der Waals surface area contributed by atoms with Crippen LogP contribution in [0, 0.1) is 0 Å². The van der Waals surface area contributed by atoms with Crippen LogP contribution in [-0.2, 0) is 16.1 Å². The Morgan fingerprint density at radius 1 is 1.08 bits per heavy atom. The van der Waals surface area contributed by atoms with Crippen LogP contribution in [0.3, 0.4) is 0 Å². The molecule has 2 aromatic rings. The highest BCUT2D eigenvalue weighted by molar-refractivity contribution is 5.78. The van der Waals surface area contributed by atoms with Crippen molar-refractivity contribution in [3.63, 3.8) is 0 Å². The molecule has 2 atom stereocenters. The van der Waals surface area contributed by atoms with Crippen LogP contribution >= 0.6 is 0 Å². The van der Waals surface area contributed by atoms with E-state index in [2.05, 4.69) is 10.6 Å². The summed E-state index contributed by atoms with van der Waals surface area (Å²) >= 11 is 0. The van der Waals surface area contributed by atoms with Crippen LogP contribution in [0.5, 0.6) is 0 Å². The lowest BCUT2D eigenvalue weighted by atomic mass is 9.86. The van der Waals surface area contributed by atoms with Gasteiger partial charge in [0.2, 0.25) is 5.91 Å². The number of amides is 2. The first-order valence-corrected chi connectivity index (χ1v) is 8.49. The van der Waals surface area contributed by atoms with E-state index in [0.717, 1.165) is 17.5 Å². The quantitative estimate of drug-likeness (QED) is 0.881. The third-order valence-corrected chi connectivity index (χ3v) is 4.33. The molecule has 0 aromatic heterocycles. The van der Waals surface area contributed by atoms with Crippen molar-refractivity contribution in [2.75, 3.05) is 6.61 Å². The average Bonchev–Trinajstić information content (AvgIpc) is 2.66. The first-order valence-electron chi connectivity index (χ1n) is 8.49. The highest BCUT2D eigenvalue weighted by Crippen LogP contribution is 2.28. The third kappa shape index (κ3) is 5.08. The molecule has 0 aliphatic carbocycles. The molecule has 5 heteroatoms. The molecule has 0 radical (unpaired) electrons. The van der Waals surface area contributed by atoms with Gasteiger partial charge >= 0.3 is 6.09 Å². The summed E-state index contributed by atoms with van der Waals surface area (Å²) < 4.78 is 5.27. The molecule has 2 N–H and O–H groups in total. The molecule has 3 rings (SSSR count). The van der Waals surface area contributed by atoms with Crippen LogP contribution in [0.4, 0.5) is 4.79 Å². The number of hydrogen-bond acceptors (Lipinski definition) is 3. The molecule has 1 aliphatic heterocycles. The van der Waals surface area contributed by atoms with Crippen molar-refractivity contribution in [3.05, 3.63) is 71.8 Å². The van der Waals surface area contributed by atoms with Gasteiger partial charge in [0.25, 0.3) is 0 Å². The Bertz CT molecular complexity index is 703. The minimum atomic E-state index is -0.472. The fourth-order valence-electron chi connectivity index (χ4n) is 3.08. The Kier molecular flexibility index (Phi) is 5.67. The van der Waals surface area contributed by atoms with E-state index in [1.807, 2.05) is 60.7 Å². The molecule has 1 fully saturated rings. The molecule has 2 aromatic carbocycles. The summed E-state index contributed by atoms with van der Waals surface area (Å²) in [6, 6.07) is 19.5. The summed E-state index contributed by atoms with van der Waals surface area (Å²) in [5.74, 6) is 0.161. The lowest BCUT2D eigenvalue weighted by Gasteiger charge is -2.29. The number of benzene rings is 2. The maximum absolute atomic E-state index is 11.9. The van der Waals surface area contributed by atoms with Crippen molar-refractivity contribution < 1.29 is 14.3 Å². The van der Waals surface area contributed by atoms with Crippen molar-refractivity contribution in [1.82, 2.24) is 10.6 Å². The SMILES string of the molecule is O=C1C[C@@H](c2ccccc2)C[C@@H](COC(=O)NCc2ccccc2)N1. The number of alkyl carbamates (subject to hydrolysis) is 1. The van der Waals surface area contributed by atoms with Crippen LogP contribution < -0.4 is 10.6 Å². The maximum atomic E-state index is 11.9. The van der Waals surface area contributed by atoms with Gasteiger partial charge in [0, 0.05) is 13.0 Å². The Morgan fingerprint density at radius 2 is 1.76 bits per heavy atom. The average molecular weight is 338 g/mol. The Morgan fingerprint density at radius 3 is 2.48 bits per heavy atom. The molecule has 0 saturated carbocycles. The van der Waals surface area contributed by atoms with E-state index in [1.54, 1.807) is 0 Å². The normalized spacial score (nSPS) is 19.8. The molecule has 25 heavy (non-hydrogen) atoms. The van der Waals surface area contributed by atoms with Crippen LogP contribution in [0.2, 0.25) is 0 Å². The van der Waals surface area contributed by atoms with Crippen molar-refractivity contribution in [2.24, 2.45) is 0 Å². The minimum absolute atomic E-state index is 0.00148. The fourth-order valence-corrected chi connectivity index (χ4v) is 3.08. The second kappa shape index (κ2) is 8.33. The summed E-state index contributed by atoms with van der Waals surface area (Å²) in [6.45, 7) is 0.596. The monoisotopic (exact) mass is 338 g/mol. The van der Waals surface area contributed by atoms with Crippen LogP contribution in [-0.4, -0.2) is 24.6 Å². The number of carbonyl (C=O) groups excluding carboxylic acids is 2. The largest absolute Gasteiger partial charge is 0.447 e. The second-order valence-corrected chi connectivity index (χ2v) is 6.25. The maximum Gasteiger partial charge on any atom is 0.407 e. The molecule has 1 saturated heterocycles. The molecule has 1 heterocycles. The molecular formula is C20H22N2O3. The van der Waals surface area contributed by atoms with Gasteiger partial charge in [-0.1, -0.05) is 60.7 Å². The van der Waals surface area contributed by atoms with Crippen LogP contribution in [0.1, 0.15) is 29.9 Å². The lowest BCUT2D eigenvalue weighted by molar-refractivity contribution is -0.124. The summed E-state index contributed by atoms with van der Waals surface area (Å²) in [4.78, 5) is 23.8. The summed E-state index contributed by atoms with van der Waals surface area (Å²) in [6.07, 6.45) is 0.766. The molecule has 1 aliphatic rings. The van der Waals surface area contributed by atoms with Crippen molar-refractivity contribution in [1.29, 1.82) is 0 Å². The standard InChI is InChI=1S/C20H22N2O3/c23-19-12-17(16-9-5-2-6-10-16)11-18(22-19)14-25-20(24)21-13-15-7-3-1-4-8-15/h1-10,17-18H,11-14H2,(H,21,24)(H,22,23)/t17-,18-/m0/s1. The molecule has 0 spiro atoms. The second-order valence-electron chi connectivity index (χ2n) is 6.25. The van der Waals surface area contributed by atoms with Gasteiger partial charge in [-0.25, -0.2) is 4.79 Å². The van der Waals surface area contributed by atoms with E-state index in [4.69, 9.17) is 4.74 Å². The number of ether oxygens (including phenoxy) is 1. The number of piperidine rings is 1. The summed E-state index contributed by atoms with van der Waals surface area (Å²) in [5.41, 5.74) is 2.16. The van der Waals surface area contributed by atoms with E-state index >= 15 is 0 Å². The van der Waals surface area contributed by atoms with Gasteiger partial charge in [-0.05, 0) is 23.5 Å². The highest BCUT2D eigenvalue weighted by atomic mass is 16.5. The lowest BCUT2D eigenvalue weighted by Crippen LogP contribution is -2.45. The first-order chi connectivity index (χ1) is 12.2. The van der Waals surface area contributed by atoms with Gasteiger partial charge in [0.1, 0.15) is 6.61 Å². The summed E-state index contributed by atoms with van der Waals surface area (Å²) in [7, 11) is 0. The van der Waals surface area contributed by atoms with Gasteiger partial charge in [0.05, 0.1) is 6.04 Å². The van der Waals surface area contributed by atoms with Crippen molar-refractivity contribution in [2.45, 2.75) is 31.3 Å². The topological polar surface area (TPSA) is 67.4 Å². The highest BCUT2D eigenvalue weighted by Gasteiger charge is 2.28. The number of nitrogens with one attached hydrogen (secondary N) is 2. The van der Waals surface area contributed by atoms with Crippen LogP contribution in [0.15, 0.2) is 60.7 Å². The van der Waals surface area contributed by atoms with E-state index in [9.17, 15) is 9.59 Å². The molecule has 0 unspecified atom stereocenters. The first kappa shape index (κ1) is 17.0. The van der Waals surface area contributed by atoms with Gasteiger partial charge in [-0.15, -0.1) is 0 Å². The molecule has 0 bridgehead atoms. The van der Waals surface area contributed by atoms with E-state index in [1.165, 1.54) is 0 Å². The van der Waals surface area contributed by atoms with Crippen molar-refractivity contribution >= 4 is 12.0 Å². The zero-order chi connectivity index (χ0) is 17.5. The van der Waals surface area contributed by atoms with Crippen LogP contribution in [0.25, 0.3) is 0 Å². The van der Waals surface area contributed by atoms with Gasteiger partial charge in [-0.2, -0.15) is 0 Å². The zero-order valence-electron chi connectivity index (χ0n) is 14.0. The van der Waals surface area contributed by atoms with E-state index in [-0.39, 0.29) is 24.5 Å². The minimum Gasteiger partial charge on any atom is -0.447 e. The molecule has 130 valence electrons. The molecule has 5 nitrogen and oxygen atoms in total. The Hall–Kier alpha value is -2.82. The van der Waals surface area contributed by atoms with Gasteiger partial charge < -0.3 is 15.4 Å². The fraction of sp³-hybridized carbons (Fsp3) is 0.300. The van der Waals surface area contributed by atoms with E-state index < -0.39 is 6.09 Å². The number of carbonyl (C=O) groups is 2. The predicted molar refractivity (Wildman–Crippen MR) is 95.0 cm³/mol. The Balaban J connectivity index is 1.47. The molecular weight excluding hydrogens is 316 g/mol. The zero-order valence-corrected chi connectivity index (χ0v) is 14.0. The van der Waals surface area contributed by atoms with Crippen molar-refractivity contribution in [3.8, 4) is 0 Å².